The summed E-state index contributed by atoms with van der Waals surface area (Å²) in [6, 6.07) is 45.6. The van der Waals surface area contributed by atoms with Gasteiger partial charge in [0.25, 0.3) is 0 Å². The fourth-order valence-electron chi connectivity index (χ4n) is 5.48. The van der Waals surface area contributed by atoms with E-state index in [1.165, 1.54) is 51.5 Å². The Kier molecular flexibility index (Phi) is 5.22. The van der Waals surface area contributed by atoms with Crippen molar-refractivity contribution in [1.82, 2.24) is 4.98 Å². The van der Waals surface area contributed by atoms with Gasteiger partial charge in [0.05, 0.1) is 15.1 Å². The maximum atomic E-state index is 5.04. The molecule has 0 N–H and O–H groups in total. The van der Waals surface area contributed by atoms with Crippen molar-refractivity contribution in [3.63, 3.8) is 0 Å². The Morgan fingerprint density at radius 1 is 0.487 bits per heavy atom. The van der Waals surface area contributed by atoms with Gasteiger partial charge in [-0.05, 0) is 47.5 Å². The molecule has 4 heteroatoms. The molecule has 184 valence electrons. The number of benzene rings is 5. The lowest BCUT2D eigenvalue weighted by Crippen LogP contribution is -2.11. The van der Waals surface area contributed by atoms with Crippen LogP contribution in [0.5, 0.6) is 0 Å². The van der Waals surface area contributed by atoms with Crippen LogP contribution in [-0.2, 0) is 0 Å². The van der Waals surface area contributed by atoms with Crippen molar-refractivity contribution in [1.29, 1.82) is 0 Å². The zero-order chi connectivity index (χ0) is 25.8. The summed E-state index contributed by atoms with van der Waals surface area (Å²) < 4.78 is 5.06. The average Bonchev–Trinajstić information content (AvgIpc) is 3.57. The quantitative estimate of drug-likeness (QED) is 0.223. The summed E-state index contributed by atoms with van der Waals surface area (Å²) in [5.41, 5.74) is 4.65. The van der Waals surface area contributed by atoms with Crippen LogP contribution in [0.3, 0.4) is 0 Å². The first-order valence-corrected chi connectivity index (χ1v) is 14.6. The van der Waals surface area contributed by atoms with Crippen LogP contribution in [0, 0.1) is 0 Å². The second-order valence-electron chi connectivity index (χ2n) is 9.64. The first-order chi connectivity index (χ1) is 19.3. The van der Waals surface area contributed by atoms with E-state index in [9.17, 15) is 0 Å². The SMILES string of the molecule is c1ccc(-c2ccc(N(c3cc4c(cn3)sc3ccccc34)c3cccc4c3sc3ccccc34)cc2)cc1. The fourth-order valence-corrected chi connectivity index (χ4v) is 7.74. The second kappa shape index (κ2) is 9.05. The lowest BCUT2D eigenvalue weighted by Gasteiger charge is -2.25. The van der Waals surface area contributed by atoms with Gasteiger partial charge < -0.3 is 0 Å². The number of thiophene rings is 2. The molecule has 39 heavy (non-hydrogen) atoms. The predicted molar refractivity (Wildman–Crippen MR) is 170 cm³/mol. The molecule has 0 saturated carbocycles. The highest BCUT2D eigenvalue weighted by atomic mass is 32.1. The number of aromatic nitrogens is 1. The van der Waals surface area contributed by atoms with Crippen LogP contribution in [0.1, 0.15) is 0 Å². The van der Waals surface area contributed by atoms with Gasteiger partial charge in [0.2, 0.25) is 0 Å². The Hall–Kier alpha value is -4.51. The van der Waals surface area contributed by atoms with E-state index in [0.29, 0.717) is 0 Å². The molecule has 0 aliphatic carbocycles. The maximum Gasteiger partial charge on any atom is 0.138 e. The molecule has 0 unspecified atom stereocenters. The van der Waals surface area contributed by atoms with Crippen LogP contribution in [0.25, 0.3) is 51.5 Å². The van der Waals surface area contributed by atoms with Gasteiger partial charge in [-0.15, -0.1) is 22.7 Å². The Bertz CT molecular complexity index is 2120. The number of anilines is 3. The summed E-state index contributed by atoms with van der Waals surface area (Å²) in [6.45, 7) is 0. The van der Waals surface area contributed by atoms with Crippen molar-refractivity contribution in [2.45, 2.75) is 0 Å². The van der Waals surface area contributed by atoms with Gasteiger partial charge in [-0.3, -0.25) is 4.90 Å². The Balaban J connectivity index is 1.37. The molecule has 0 aliphatic rings. The van der Waals surface area contributed by atoms with Crippen LogP contribution >= 0.6 is 22.7 Å². The molecule has 0 amide bonds. The van der Waals surface area contributed by atoms with E-state index in [-0.39, 0.29) is 0 Å². The second-order valence-corrected chi connectivity index (χ2v) is 11.8. The topological polar surface area (TPSA) is 16.1 Å². The zero-order valence-electron chi connectivity index (χ0n) is 20.9. The molecular weight excluding hydrogens is 513 g/mol. The van der Waals surface area contributed by atoms with E-state index in [4.69, 9.17) is 4.98 Å². The third-order valence-corrected chi connectivity index (χ3v) is 9.67. The third kappa shape index (κ3) is 3.72. The smallest absolute Gasteiger partial charge is 0.138 e. The Morgan fingerprint density at radius 3 is 1.92 bits per heavy atom. The van der Waals surface area contributed by atoms with Gasteiger partial charge in [-0.25, -0.2) is 4.98 Å². The highest BCUT2D eigenvalue weighted by molar-refractivity contribution is 7.26. The number of rotatable bonds is 4. The van der Waals surface area contributed by atoms with Gasteiger partial charge >= 0.3 is 0 Å². The summed E-state index contributed by atoms with van der Waals surface area (Å²) in [7, 11) is 0. The van der Waals surface area contributed by atoms with Crippen LogP contribution in [0.2, 0.25) is 0 Å². The van der Waals surface area contributed by atoms with Crippen molar-refractivity contribution in [2.24, 2.45) is 0 Å². The monoisotopic (exact) mass is 534 g/mol. The standard InChI is InChI=1S/C35H22N2S2/c1-2-9-23(10-3-1)24-17-19-25(20-18-24)37(30-14-8-13-28-26-11-4-7-16-32(26)39-35(28)30)34-21-29-27-12-5-6-15-31(27)38-33(29)22-36-34/h1-22H. The van der Waals surface area contributed by atoms with Crippen molar-refractivity contribution < 1.29 is 0 Å². The summed E-state index contributed by atoms with van der Waals surface area (Å²) in [4.78, 5) is 7.36. The van der Waals surface area contributed by atoms with E-state index in [1.54, 1.807) is 11.3 Å². The number of hydrogen-bond donors (Lipinski definition) is 0. The maximum absolute atomic E-state index is 5.04. The van der Waals surface area contributed by atoms with Crippen molar-refractivity contribution in [2.75, 3.05) is 4.90 Å². The Morgan fingerprint density at radius 2 is 1.13 bits per heavy atom. The van der Waals surface area contributed by atoms with Crippen LogP contribution in [-0.4, -0.2) is 4.98 Å². The molecule has 0 saturated heterocycles. The molecule has 0 bridgehead atoms. The van der Waals surface area contributed by atoms with Crippen LogP contribution < -0.4 is 4.90 Å². The molecule has 3 heterocycles. The van der Waals surface area contributed by atoms with Crippen molar-refractivity contribution >= 4 is 80.2 Å². The zero-order valence-corrected chi connectivity index (χ0v) is 22.5. The number of nitrogens with zero attached hydrogens (tertiary/aromatic N) is 2. The fraction of sp³-hybridized carbons (Fsp3) is 0. The average molecular weight is 535 g/mol. The van der Waals surface area contributed by atoms with Gasteiger partial charge in [0.15, 0.2) is 0 Å². The van der Waals surface area contributed by atoms with Gasteiger partial charge in [0.1, 0.15) is 5.82 Å². The summed E-state index contributed by atoms with van der Waals surface area (Å²) in [5.74, 6) is 0.920. The van der Waals surface area contributed by atoms with E-state index >= 15 is 0 Å². The normalized spacial score (nSPS) is 11.6. The highest BCUT2D eigenvalue weighted by Crippen LogP contribution is 2.45. The van der Waals surface area contributed by atoms with Gasteiger partial charge in [0, 0.05) is 42.8 Å². The minimum atomic E-state index is 0.920. The lowest BCUT2D eigenvalue weighted by molar-refractivity contribution is 1.20. The van der Waals surface area contributed by atoms with Gasteiger partial charge in [-0.2, -0.15) is 0 Å². The highest BCUT2D eigenvalue weighted by Gasteiger charge is 2.20. The predicted octanol–water partition coefficient (Wildman–Crippen LogP) is 11.0. The molecule has 8 aromatic rings. The van der Waals surface area contributed by atoms with Crippen molar-refractivity contribution in [3.8, 4) is 11.1 Å². The first kappa shape index (κ1) is 22.5. The third-order valence-electron chi connectivity index (χ3n) is 7.34. The van der Waals surface area contributed by atoms with Crippen LogP contribution in [0.4, 0.5) is 17.2 Å². The minimum Gasteiger partial charge on any atom is -0.294 e. The number of fused-ring (bicyclic) bond motifs is 6. The van der Waals surface area contributed by atoms with E-state index in [1.807, 2.05) is 17.5 Å². The molecule has 0 fully saturated rings. The van der Waals surface area contributed by atoms with Crippen LogP contribution in [0.15, 0.2) is 134 Å². The molecule has 2 nitrogen and oxygen atoms in total. The lowest BCUT2D eigenvalue weighted by atomic mass is 10.0. The first-order valence-electron chi connectivity index (χ1n) is 13.0. The molecule has 0 radical (unpaired) electrons. The van der Waals surface area contributed by atoms with E-state index in [2.05, 4.69) is 132 Å². The summed E-state index contributed by atoms with van der Waals surface area (Å²) >= 11 is 3.65. The molecular formula is C35H22N2S2. The molecule has 5 aromatic carbocycles. The Labute approximate surface area is 234 Å². The summed E-state index contributed by atoms with van der Waals surface area (Å²) in [5, 5.41) is 5.10. The van der Waals surface area contributed by atoms with E-state index < -0.39 is 0 Å². The minimum absolute atomic E-state index is 0.920. The number of pyridine rings is 1. The van der Waals surface area contributed by atoms with E-state index in [0.717, 1.165) is 17.2 Å². The van der Waals surface area contributed by atoms with Crippen molar-refractivity contribution in [3.05, 3.63) is 134 Å². The largest absolute Gasteiger partial charge is 0.294 e. The molecule has 3 aromatic heterocycles. The number of hydrogen-bond acceptors (Lipinski definition) is 4. The molecule has 8 rings (SSSR count). The van der Waals surface area contributed by atoms with Gasteiger partial charge in [-0.1, -0.05) is 91.0 Å². The molecule has 0 atom stereocenters. The molecule has 0 spiro atoms. The summed E-state index contributed by atoms with van der Waals surface area (Å²) in [6.07, 6.45) is 2.03. The molecule has 0 aliphatic heterocycles.